The third-order valence-electron chi connectivity index (χ3n) is 5.66. The molecular weight excluding hydrogens is 242 g/mol. The van der Waals surface area contributed by atoms with Gasteiger partial charge in [0.25, 0.3) is 0 Å². The fourth-order valence-electron chi connectivity index (χ4n) is 4.43. The topological polar surface area (TPSA) is 49.4 Å². The summed E-state index contributed by atoms with van der Waals surface area (Å²) in [6, 6.07) is 0.327. The van der Waals surface area contributed by atoms with E-state index in [1.807, 2.05) is 0 Å². The van der Waals surface area contributed by atoms with E-state index in [2.05, 4.69) is 24.3 Å². The fourth-order valence-corrected chi connectivity index (χ4v) is 4.43. The van der Waals surface area contributed by atoms with Crippen molar-refractivity contribution in [3.63, 3.8) is 0 Å². The van der Waals surface area contributed by atoms with Crippen molar-refractivity contribution in [1.29, 1.82) is 0 Å². The summed E-state index contributed by atoms with van der Waals surface area (Å²) < 4.78 is 0.963. The molecular formula is C14H24N3O2+. The maximum Gasteiger partial charge on any atom is 0.239 e. The minimum Gasteiger partial charge on any atom is -0.321 e. The Morgan fingerprint density at radius 3 is 2.58 bits per heavy atom. The Balaban J connectivity index is 1.87. The van der Waals surface area contributed by atoms with Crippen LogP contribution in [0.1, 0.15) is 25.7 Å². The van der Waals surface area contributed by atoms with Crippen LogP contribution < -0.4 is 5.32 Å². The Kier molecular flexibility index (Phi) is 2.94. The van der Waals surface area contributed by atoms with E-state index >= 15 is 0 Å². The number of likely N-dealkylation sites (N-methyl/N-ethyl adjacent to an activating group) is 2. The number of nitrogens with zero attached hydrogens (tertiary/aromatic N) is 2. The predicted molar refractivity (Wildman–Crippen MR) is 71.3 cm³/mol. The second kappa shape index (κ2) is 4.28. The van der Waals surface area contributed by atoms with Crippen molar-refractivity contribution >= 4 is 11.8 Å². The first-order valence-corrected chi connectivity index (χ1v) is 7.33. The molecule has 2 saturated heterocycles. The molecule has 2 atom stereocenters. The van der Waals surface area contributed by atoms with Crippen molar-refractivity contribution in [2.24, 2.45) is 5.41 Å². The predicted octanol–water partition coefficient (Wildman–Crippen LogP) is -0.0362. The molecule has 2 heterocycles. The molecule has 2 unspecified atom stereocenters. The van der Waals surface area contributed by atoms with Crippen LogP contribution in [0.15, 0.2) is 0 Å². The molecule has 1 N–H and O–H groups in total. The molecule has 2 amide bonds. The van der Waals surface area contributed by atoms with E-state index in [1.165, 1.54) is 0 Å². The lowest BCUT2D eigenvalue weighted by atomic mass is 9.78. The first-order valence-electron chi connectivity index (χ1n) is 7.33. The van der Waals surface area contributed by atoms with Crippen LogP contribution in [0.25, 0.3) is 0 Å². The van der Waals surface area contributed by atoms with E-state index in [4.69, 9.17) is 0 Å². The van der Waals surface area contributed by atoms with Gasteiger partial charge < -0.3 is 4.48 Å². The number of nitrogens with one attached hydrogen (secondary N) is 1. The molecule has 0 aromatic rings. The van der Waals surface area contributed by atoms with Crippen LogP contribution in [-0.2, 0) is 9.59 Å². The summed E-state index contributed by atoms with van der Waals surface area (Å²) >= 11 is 0. The lowest BCUT2D eigenvalue weighted by molar-refractivity contribution is -0.941. The van der Waals surface area contributed by atoms with Gasteiger partial charge in [-0.3, -0.25) is 19.8 Å². The van der Waals surface area contributed by atoms with Gasteiger partial charge in [-0.1, -0.05) is 0 Å². The number of imide groups is 1. The van der Waals surface area contributed by atoms with Crippen LogP contribution in [0.3, 0.4) is 0 Å². The summed E-state index contributed by atoms with van der Waals surface area (Å²) in [5.74, 6) is -0.0732. The highest BCUT2D eigenvalue weighted by Gasteiger charge is 2.61. The van der Waals surface area contributed by atoms with Crippen molar-refractivity contribution in [3.8, 4) is 0 Å². The summed E-state index contributed by atoms with van der Waals surface area (Å²) in [7, 11) is 4.43. The molecule has 5 nitrogen and oxygen atoms in total. The number of piperazine rings is 1. The smallest absolute Gasteiger partial charge is 0.239 e. The summed E-state index contributed by atoms with van der Waals surface area (Å²) in [4.78, 5) is 26.3. The summed E-state index contributed by atoms with van der Waals surface area (Å²) in [5, 5.41) is 2.55. The fraction of sp³-hybridized carbons (Fsp3) is 0.857. The van der Waals surface area contributed by atoms with Crippen molar-refractivity contribution in [2.45, 2.75) is 31.7 Å². The SMILES string of the molecule is CN1CC[N+](C)(C2CCCC23CC(=O)NC3=O)CC1. The minimum absolute atomic E-state index is 0.00159. The Morgan fingerprint density at radius 2 is 2.00 bits per heavy atom. The molecule has 5 heteroatoms. The molecule has 1 aliphatic carbocycles. The van der Waals surface area contributed by atoms with Gasteiger partial charge in [0.2, 0.25) is 11.8 Å². The van der Waals surface area contributed by atoms with Crippen LogP contribution in [0.2, 0.25) is 0 Å². The van der Waals surface area contributed by atoms with E-state index in [1.54, 1.807) is 0 Å². The van der Waals surface area contributed by atoms with E-state index in [0.29, 0.717) is 12.5 Å². The Bertz CT molecular complexity index is 415. The Hall–Kier alpha value is -0.940. The zero-order valence-electron chi connectivity index (χ0n) is 11.9. The number of quaternary nitrogens is 1. The first kappa shape index (κ1) is 13.1. The average Bonchev–Trinajstić information content (AvgIpc) is 2.90. The van der Waals surface area contributed by atoms with Gasteiger partial charge in [0, 0.05) is 25.9 Å². The van der Waals surface area contributed by atoms with Gasteiger partial charge in [-0.05, 0) is 19.9 Å². The van der Waals surface area contributed by atoms with E-state index in [-0.39, 0.29) is 11.8 Å². The molecule has 0 aromatic heterocycles. The normalized spacial score (nSPS) is 38.9. The van der Waals surface area contributed by atoms with Crippen molar-refractivity contribution in [1.82, 2.24) is 10.2 Å². The molecule has 1 saturated carbocycles. The molecule has 3 aliphatic rings. The van der Waals surface area contributed by atoms with Crippen LogP contribution in [0.5, 0.6) is 0 Å². The van der Waals surface area contributed by atoms with Crippen molar-refractivity contribution < 1.29 is 14.1 Å². The highest BCUT2D eigenvalue weighted by molar-refractivity contribution is 6.06. The standard InChI is InChI=1S/C14H23N3O2/c1-16-6-8-17(2,9-7-16)11-4-3-5-14(11)10-12(18)15-13(14)19/h11H,3-10H2,1-2H3/p+1. The number of hydrogen-bond acceptors (Lipinski definition) is 3. The van der Waals surface area contributed by atoms with Gasteiger partial charge in [0.05, 0.1) is 20.1 Å². The van der Waals surface area contributed by atoms with E-state index in [0.717, 1.165) is 49.9 Å². The lowest BCUT2D eigenvalue weighted by Gasteiger charge is -2.49. The molecule has 0 bridgehead atoms. The Labute approximate surface area is 114 Å². The van der Waals surface area contributed by atoms with E-state index < -0.39 is 5.41 Å². The minimum atomic E-state index is -0.401. The maximum absolute atomic E-state index is 12.3. The van der Waals surface area contributed by atoms with Crippen molar-refractivity contribution in [2.75, 3.05) is 40.3 Å². The third-order valence-corrected chi connectivity index (χ3v) is 5.66. The molecule has 0 aromatic carbocycles. The average molecular weight is 266 g/mol. The van der Waals surface area contributed by atoms with E-state index in [9.17, 15) is 9.59 Å². The lowest BCUT2D eigenvalue weighted by Crippen LogP contribution is -2.65. The second-order valence-corrected chi connectivity index (χ2v) is 6.85. The zero-order valence-corrected chi connectivity index (χ0v) is 11.9. The number of carbonyl (C=O) groups is 2. The molecule has 19 heavy (non-hydrogen) atoms. The largest absolute Gasteiger partial charge is 0.321 e. The molecule has 2 aliphatic heterocycles. The van der Waals surface area contributed by atoms with Gasteiger partial charge in [0.1, 0.15) is 11.5 Å². The molecule has 3 fully saturated rings. The molecule has 106 valence electrons. The number of hydrogen-bond donors (Lipinski definition) is 1. The van der Waals surface area contributed by atoms with Gasteiger partial charge in [-0.15, -0.1) is 0 Å². The van der Waals surface area contributed by atoms with Gasteiger partial charge in [0.15, 0.2) is 0 Å². The first-order chi connectivity index (χ1) is 8.96. The number of carbonyl (C=O) groups excluding carboxylic acids is 2. The highest BCUT2D eigenvalue weighted by atomic mass is 16.2. The quantitative estimate of drug-likeness (QED) is 0.535. The summed E-state index contributed by atoms with van der Waals surface area (Å²) in [6.07, 6.45) is 3.47. The number of amides is 2. The van der Waals surface area contributed by atoms with Crippen LogP contribution in [-0.4, -0.2) is 67.5 Å². The Morgan fingerprint density at radius 1 is 1.32 bits per heavy atom. The van der Waals surface area contributed by atoms with Gasteiger partial charge in [-0.25, -0.2) is 0 Å². The second-order valence-electron chi connectivity index (χ2n) is 6.85. The van der Waals surface area contributed by atoms with Crippen molar-refractivity contribution in [3.05, 3.63) is 0 Å². The van der Waals surface area contributed by atoms with Crippen LogP contribution in [0, 0.1) is 5.41 Å². The summed E-state index contributed by atoms with van der Waals surface area (Å²) in [5.41, 5.74) is -0.401. The number of rotatable bonds is 1. The third kappa shape index (κ3) is 1.91. The zero-order chi connectivity index (χ0) is 13.7. The van der Waals surface area contributed by atoms with Crippen LogP contribution in [0.4, 0.5) is 0 Å². The molecule has 1 spiro atoms. The maximum atomic E-state index is 12.3. The highest BCUT2D eigenvalue weighted by Crippen LogP contribution is 2.48. The van der Waals surface area contributed by atoms with Crippen LogP contribution >= 0.6 is 0 Å². The monoisotopic (exact) mass is 266 g/mol. The van der Waals surface area contributed by atoms with Gasteiger partial charge in [-0.2, -0.15) is 0 Å². The molecule has 0 radical (unpaired) electrons. The van der Waals surface area contributed by atoms with Gasteiger partial charge >= 0.3 is 0 Å². The summed E-state index contributed by atoms with van der Waals surface area (Å²) in [6.45, 7) is 4.34. The molecule has 3 rings (SSSR count).